The molecule has 0 saturated carbocycles. The maximum Gasteiger partial charge on any atom is 0.511 e. The van der Waals surface area contributed by atoms with Crippen LogP contribution in [-0.2, 0) is 48.9 Å². The van der Waals surface area contributed by atoms with E-state index in [0.29, 0.717) is 0 Å². The third-order valence-electron chi connectivity index (χ3n) is 5.07. The number of amides is 2. The molecule has 0 aromatic carbocycles. The number of β-lactam (4-membered cyclic amide) rings is 1. The monoisotopic (exact) mass is 627 g/mol. The van der Waals surface area contributed by atoms with Gasteiger partial charge in [-0.25, -0.2) is 19.4 Å². The summed E-state index contributed by atoms with van der Waals surface area (Å²) in [6.07, 6.45) is -1.93. The highest BCUT2D eigenvalue weighted by atomic mass is 32.2. The van der Waals surface area contributed by atoms with Gasteiger partial charge in [0.05, 0.1) is 24.4 Å². The van der Waals surface area contributed by atoms with Gasteiger partial charge in [-0.2, -0.15) is 5.10 Å². The predicted molar refractivity (Wildman–Crippen MR) is 150 cm³/mol. The van der Waals surface area contributed by atoms with E-state index in [1.807, 2.05) is 0 Å². The fourth-order valence-corrected chi connectivity index (χ4v) is 5.84. The van der Waals surface area contributed by atoms with Crippen LogP contribution in [0.1, 0.15) is 34.1 Å². The van der Waals surface area contributed by atoms with E-state index in [4.69, 9.17) is 31.4 Å². The number of aliphatic imine (C=N–C) groups is 1. The Morgan fingerprint density at radius 3 is 2.60 bits per heavy atom. The SMILES string of the molecule is CC(=O)ON=S1C=C(CC(=O)N[C@@H]2C(=O)N3C(C(=O)OC(C)OC(=O)OC(C)C)=C(/C=N\N=C(N)N)CS[C@H]23)N=C1N. The average molecular weight is 628 g/mol. The first-order valence-electron chi connectivity index (χ1n) is 12.1. The maximum absolute atomic E-state index is 13.2. The number of nitrogens with one attached hydrogen (secondary N) is 1. The Morgan fingerprint density at radius 2 is 1.95 bits per heavy atom. The molecule has 2 unspecified atom stereocenters. The minimum absolute atomic E-state index is 0.0617. The highest BCUT2D eigenvalue weighted by molar-refractivity contribution is 8.05. The number of hydrogen-bond donors (Lipinski definition) is 4. The number of ether oxygens (including phenoxy) is 3. The van der Waals surface area contributed by atoms with Gasteiger partial charge in [0, 0.05) is 41.3 Å². The summed E-state index contributed by atoms with van der Waals surface area (Å²) in [6, 6.07) is -0.983. The Kier molecular flexibility index (Phi) is 10.6. The van der Waals surface area contributed by atoms with E-state index in [1.54, 1.807) is 13.8 Å². The van der Waals surface area contributed by atoms with Crippen molar-refractivity contribution in [2.75, 3.05) is 5.75 Å². The second kappa shape index (κ2) is 13.9. The Balaban J connectivity index is 1.73. The number of fused-ring (bicyclic) bond motifs is 1. The third kappa shape index (κ3) is 8.28. The van der Waals surface area contributed by atoms with Gasteiger partial charge in [-0.15, -0.1) is 16.9 Å². The lowest BCUT2D eigenvalue weighted by molar-refractivity contribution is -0.169. The molecule has 3 rings (SSSR count). The molecular weight excluding hydrogens is 598 g/mol. The first kappa shape index (κ1) is 32.1. The van der Waals surface area contributed by atoms with Crippen LogP contribution in [-0.4, -0.2) is 81.7 Å². The van der Waals surface area contributed by atoms with E-state index < -0.39 is 64.4 Å². The molecule has 228 valence electrons. The largest absolute Gasteiger partial charge is 0.511 e. The summed E-state index contributed by atoms with van der Waals surface area (Å²) < 4.78 is 18.7. The molecule has 0 radical (unpaired) electrons. The van der Waals surface area contributed by atoms with Gasteiger partial charge < -0.3 is 41.6 Å². The van der Waals surface area contributed by atoms with Crippen molar-refractivity contribution in [1.29, 1.82) is 0 Å². The smallest absolute Gasteiger partial charge is 0.431 e. The summed E-state index contributed by atoms with van der Waals surface area (Å²) in [5.74, 6) is -2.97. The normalized spacial score (nSPS) is 22.1. The first-order valence-corrected chi connectivity index (χ1v) is 14.4. The number of carbonyl (C=O) groups excluding carboxylic acids is 5. The zero-order chi connectivity index (χ0) is 31.1. The number of carbonyl (C=O) groups is 5. The van der Waals surface area contributed by atoms with Crippen molar-refractivity contribution in [3.05, 3.63) is 22.4 Å². The van der Waals surface area contributed by atoms with Crippen molar-refractivity contribution >= 4 is 69.7 Å². The zero-order valence-electron chi connectivity index (χ0n) is 22.8. The number of thioether (sulfide) groups is 1. The second-order valence-electron chi connectivity index (χ2n) is 8.81. The van der Waals surface area contributed by atoms with Gasteiger partial charge >= 0.3 is 18.1 Å². The topological polar surface area (TPSA) is 265 Å². The quantitative estimate of drug-likeness (QED) is 0.0577. The Bertz CT molecular complexity index is 1350. The first-order chi connectivity index (χ1) is 19.8. The predicted octanol–water partition coefficient (Wildman–Crippen LogP) is -0.810. The van der Waals surface area contributed by atoms with Crippen molar-refractivity contribution in [1.82, 2.24) is 10.2 Å². The van der Waals surface area contributed by atoms with Crippen molar-refractivity contribution in [2.24, 2.45) is 36.9 Å². The molecule has 4 atom stereocenters. The number of nitrogens with zero attached hydrogens (tertiary/aromatic N) is 5. The highest BCUT2D eigenvalue weighted by Gasteiger charge is 2.54. The van der Waals surface area contributed by atoms with Crippen molar-refractivity contribution < 1.29 is 43.0 Å². The van der Waals surface area contributed by atoms with E-state index in [0.717, 1.165) is 4.90 Å². The summed E-state index contributed by atoms with van der Waals surface area (Å²) in [7, 11) is -1.13. The molecule has 2 amide bonds. The summed E-state index contributed by atoms with van der Waals surface area (Å²) in [5.41, 5.74) is 16.7. The van der Waals surface area contributed by atoms with Gasteiger partial charge in [-0.3, -0.25) is 14.5 Å². The number of guanidine groups is 1. The van der Waals surface area contributed by atoms with E-state index in [2.05, 4.69) is 29.9 Å². The molecule has 0 aromatic heterocycles. The molecule has 1 fully saturated rings. The summed E-state index contributed by atoms with van der Waals surface area (Å²) >= 11 is 1.24. The zero-order valence-corrected chi connectivity index (χ0v) is 24.5. The lowest BCUT2D eigenvalue weighted by atomic mass is 10.0. The molecule has 18 nitrogen and oxygen atoms in total. The molecule has 3 aliphatic rings. The molecule has 20 heteroatoms. The molecule has 3 heterocycles. The lowest BCUT2D eigenvalue weighted by Crippen LogP contribution is -2.70. The minimum Gasteiger partial charge on any atom is -0.431 e. The Morgan fingerprint density at radius 1 is 1.24 bits per heavy atom. The van der Waals surface area contributed by atoms with E-state index in [1.165, 1.54) is 37.2 Å². The van der Waals surface area contributed by atoms with Gasteiger partial charge in [0.2, 0.25) is 18.2 Å². The van der Waals surface area contributed by atoms with Crippen LogP contribution in [0.3, 0.4) is 0 Å². The van der Waals surface area contributed by atoms with E-state index >= 15 is 0 Å². The molecule has 0 aromatic rings. The number of esters is 1. The maximum atomic E-state index is 13.2. The molecule has 42 heavy (non-hydrogen) atoms. The van der Waals surface area contributed by atoms with Crippen LogP contribution in [0.5, 0.6) is 0 Å². The lowest BCUT2D eigenvalue weighted by Gasteiger charge is -2.49. The van der Waals surface area contributed by atoms with Gasteiger partial charge in [-0.05, 0) is 18.4 Å². The van der Waals surface area contributed by atoms with Crippen LogP contribution in [0.15, 0.2) is 42.1 Å². The third-order valence-corrected chi connectivity index (χ3v) is 7.62. The van der Waals surface area contributed by atoms with Gasteiger partial charge in [0.1, 0.15) is 17.1 Å². The van der Waals surface area contributed by atoms with Crippen molar-refractivity contribution in [3.63, 3.8) is 0 Å². The summed E-state index contributed by atoms with van der Waals surface area (Å²) in [6.45, 7) is 5.69. The van der Waals surface area contributed by atoms with Crippen LogP contribution < -0.4 is 22.5 Å². The van der Waals surface area contributed by atoms with Crippen LogP contribution in [0, 0.1) is 0 Å². The van der Waals surface area contributed by atoms with Gasteiger partial charge in [0.15, 0.2) is 5.17 Å². The van der Waals surface area contributed by atoms with E-state index in [-0.39, 0.29) is 40.3 Å². The van der Waals surface area contributed by atoms with Gasteiger partial charge in [-0.1, -0.05) is 0 Å². The second-order valence-corrected chi connectivity index (χ2v) is 11.4. The van der Waals surface area contributed by atoms with Crippen LogP contribution in [0.2, 0.25) is 0 Å². The number of rotatable bonds is 10. The van der Waals surface area contributed by atoms with Crippen molar-refractivity contribution in [2.45, 2.75) is 57.9 Å². The summed E-state index contributed by atoms with van der Waals surface area (Å²) in [4.78, 5) is 71.6. The molecule has 3 aliphatic heterocycles. The average Bonchev–Trinajstić information content (AvgIpc) is 3.22. The molecular formula is C22H29N9O9S2. The highest BCUT2D eigenvalue weighted by Crippen LogP contribution is 2.40. The molecule has 0 aliphatic carbocycles. The molecule has 0 spiro atoms. The summed E-state index contributed by atoms with van der Waals surface area (Å²) in [5, 5.41) is 10.7. The Labute approximate surface area is 245 Å². The van der Waals surface area contributed by atoms with Crippen molar-refractivity contribution in [3.8, 4) is 0 Å². The minimum atomic E-state index is -1.36. The Hall–Kier alpha value is -4.46. The number of nitrogens with two attached hydrogens (primary N) is 3. The molecule has 7 N–H and O–H groups in total. The number of hydrogen-bond acceptors (Lipinski definition) is 15. The standard InChI is InChI=1S/C22H29N9O9S2/c1-9(2)37-22(36)39-11(4)38-19(35)16-12(6-26-29-20(23)24)7-41-18-15(17(34)31(16)18)28-14(33)5-13-8-42(21(25)27-13)30-40-10(3)32/h6,8-9,11,15,18H,5,7H2,1-4H3,(H2,25,27)(H,28,33)(H4,23,24,29)/b26-6-/t11?,15-,18-,42?/m1/s1. The molecule has 0 bridgehead atoms. The van der Waals surface area contributed by atoms with Crippen LogP contribution >= 0.6 is 11.8 Å². The molecule has 1 saturated heterocycles. The van der Waals surface area contributed by atoms with Crippen LogP contribution in [0.4, 0.5) is 4.79 Å². The fourth-order valence-electron chi connectivity index (χ4n) is 3.51. The fraction of sp³-hybridized carbons (Fsp3) is 0.455. The van der Waals surface area contributed by atoms with Gasteiger partial charge in [0.25, 0.3) is 5.91 Å². The van der Waals surface area contributed by atoms with Crippen LogP contribution in [0.25, 0.3) is 0 Å². The van der Waals surface area contributed by atoms with E-state index in [9.17, 15) is 24.0 Å². The number of amidine groups is 1.